The quantitative estimate of drug-likeness (QED) is 0.781. The van der Waals surface area contributed by atoms with Crippen LogP contribution in [0.5, 0.6) is 11.6 Å². The van der Waals surface area contributed by atoms with Gasteiger partial charge in [0.25, 0.3) is 0 Å². The molecule has 0 spiro atoms. The Morgan fingerprint density at radius 3 is 2.33 bits per heavy atom. The van der Waals surface area contributed by atoms with E-state index in [0.29, 0.717) is 16.9 Å². The summed E-state index contributed by atoms with van der Waals surface area (Å²) in [5.41, 5.74) is 2.31. The maximum atomic E-state index is 5.93. The summed E-state index contributed by atoms with van der Waals surface area (Å²) >= 11 is 5.93. The lowest BCUT2D eigenvalue weighted by molar-refractivity contribution is 0.458. The highest BCUT2D eigenvalue weighted by Crippen LogP contribution is 2.24. The Hall–Kier alpha value is -1.61. The molecular formula is C14H15ClN2O. The zero-order chi connectivity index (χ0) is 13.1. The molecule has 1 heterocycles. The molecule has 1 aromatic heterocycles. The first-order valence-electron chi connectivity index (χ1n) is 5.86. The van der Waals surface area contributed by atoms with Crippen LogP contribution in [0.2, 0.25) is 5.15 Å². The van der Waals surface area contributed by atoms with Gasteiger partial charge in [-0.1, -0.05) is 24.6 Å². The number of hydrogen-bond acceptors (Lipinski definition) is 3. The Kier molecular flexibility index (Phi) is 3.82. The molecule has 3 nitrogen and oxygen atoms in total. The van der Waals surface area contributed by atoms with E-state index in [9.17, 15) is 0 Å². The van der Waals surface area contributed by atoms with Crippen LogP contribution in [-0.4, -0.2) is 9.97 Å². The minimum atomic E-state index is 0.404. The van der Waals surface area contributed by atoms with E-state index in [1.54, 1.807) is 6.07 Å². The van der Waals surface area contributed by atoms with Gasteiger partial charge in [0.05, 0.1) is 0 Å². The van der Waals surface area contributed by atoms with Crippen molar-refractivity contribution in [2.45, 2.75) is 27.2 Å². The van der Waals surface area contributed by atoms with Crippen molar-refractivity contribution in [3.8, 4) is 11.6 Å². The molecule has 0 fully saturated rings. The van der Waals surface area contributed by atoms with Crippen LogP contribution in [-0.2, 0) is 6.42 Å². The fraction of sp³-hybridized carbons (Fsp3) is 0.286. The maximum absolute atomic E-state index is 5.93. The number of ether oxygens (including phenoxy) is 1. The van der Waals surface area contributed by atoms with E-state index in [1.807, 2.05) is 32.9 Å². The molecule has 0 saturated heterocycles. The molecule has 0 aliphatic rings. The summed E-state index contributed by atoms with van der Waals surface area (Å²) in [5.74, 6) is 1.93. The summed E-state index contributed by atoms with van der Waals surface area (Å²) < 4.78 is 5.73. The lowest BCUT2D eigenvalue weighted by Crippen LogP contribution is -1.96. The molecule has 0 aliphatic heterocycles. The van der Waals surface area contributed by atoms with Crippen molar-refractivity contribution in [1.82, 2.24) is 9.97 Å². The molecule has 0 atom stereocenters. The standard InChI is InChI=1S/C14H15ClN2O/c1-4-13-16-12(15)8-14(17-13)18-11-6-9(2)5-10(3)7-11/h5-8H,4H2,1-3H3. The normalized spacial score (nSPS) is 10.4. The molecule has 94 valence electrons. The number of halogens is 1. The van der Waals surface area contributed by atoms with Gasteiger partial charge < -0.3 is 4.74 Å². The minimum Gasteiger partial charge on any atom is -0.439 e. The van der Waals surface area contributed by atoms with Crippen LogP contribution in [0.1, 0.15) is 23.9 Å². The van der Waals surface area contributed by atoms with E-state index in [1.165, 1.54) is 0 Å². The number of aryl methyl sites for hydroxylation is 3. The van der Waals surface area contributed by atoms with Crippen LogP contribution in [0.3, 0.4) is 0 Å². The van der Waals surface area contributed by atoms with Crippen LogP contribution >= 0.6 is 11.6 Å². The summed E-state index contributed by atoms with van der Waals surface area (Å²) in [6, 6.07) is 7.65. The van der Waals surface area contributed by atoms with E-state index >= 15 is 0 Å². The third-order valence-electron chi connectivity index (χ3n) is 2.45. The van der Waals surface area contributed by atoms with Gasteiger partial charge in [-0.3, -0.25) is 0 Å². The summed E-state index contributed by atoms with van der Waals surface area (Å²) in [4.78, 5) is 8.39. The Labute approximate surface area is 112 Å². The Morgan fingerprint density at radius 1 is 1.06 bits per heavy atom. The SMILES string of the molecule is CCc1nc(Cl)cc(Oc2cc(C)cc(C)c2)n1. The molecule has 0 unspecified atom stereocenters. The zero-order valence-corrected chi connectivity index (χ0v) is 11.5. The van der Waals surface area contributed by atoms with Gasteiger partial charge in [0.1, 0.15) is 16.7 Å². The molecular weight excluding hydrogens is 248 g/mol. The van der Waals surface area contributed by atoms with Crippen molar-refractivity contribution in [2.75, 3.05) is 0 Å². The van der Waals surface area contributed by atoms with Gasteiger partial charge >= 0.3 is 0 Å². The van der Waals surface area contributed by atoms with Gasteiger partial charge in [-0.2, -0.15) is 4.98 Å². The predicted molar refractivity (Wildman–Crippen MR) is 72.4 cm³/mol. The van der Waals surface area contributed by atoms with Crippen LogP contribution in [0.25, 0.3) is 0 Å². The largest absolute Gasteiger partial charge is 0.439 e. The average Bonchev–Trinajstić information content (AvgIpc) is 2.26. The van der Waals surface area contributed by atoms with Crippen LogP contribution < -0.4 is 4.74 Å². The third kappa shape index (κ3) is 3.20. The topological polar surface area (TPSA) is 35.0 Å². The fourth-order valence-corrected chi connectivity index (χ4v) is 1.96. The van der Waals surface area contributed by atoms with E-state index in [4.69, 9.17) is 16.3 Å². The number of rotatable bonds is 3. The van der Waals surface area contributed by atoms with Gasteiger partial charge in [0, 0.05) is 12.5 Å². The monoisotopic (exact) mass is 262 g/mol. The number of nitrogens with zero attached hydrogens (tertiary/aromatic N) is 2. The molecule has 0 bridgehead atoms. The van der Waals surface area contributed by atoms with E-state index in [0.717, 1.165) is 23.3 Å². The summed E-state index contributed by atoms with van der Waals surface area (Å²) in [6.07, 6.45) is 0.726. The van der Waals surface area contributed by atoms with E-state index in [-0.39, 0.29) is 0 Å². The molecule has 18 heavy (non-hydrogen) atoms. The van der Waals surface area contributed by atoms with Gasteiger partial charge in [0.15, 0.2) is 0 Å². The van der Waals surface area contributed by atoms with Crippen LogP contribution in [0.4, 0.5) is 0 Å². The van der Waals surface area contributed by atoms with Crippen molar-refractivity contribution in [3.05, 3.63) is 46.4 Å². The molecule has 1 aromatic carbocycles. The van der Waals surface area contributed by atoms with E-state index < -0.39 is 0 Å². The maximum Gasteiger partial charge on any atom is 0.224 e. The third-order valence-corrected chi connectivity index (χ3v) is 2.65. The number of hydrogen-bond donors (Lipinski definition) is 0. The van der Waals surface area contributed by atoms with Crippen molar-refractivity contribution < 1.29 is 4.74 Å². The average molecular weight is 263 g/mol. The Bertz CT molecular complexity index is 549. The summed E-state index contributed by atoms with van der Waals surface area (Å²) in [5, 5.41) is 0.404. The first-order chi connectivity index (χ1) is 8.56. The number of benzene rings is 1. The summed E-state index contributed by atoms with van der Waals surface area (Å²) in [6.45, 7) is 6.04. The second-order valence-electron chi connectivity index (χ2n) is 4.22. The van der Waals surface area contributed by atoms with Crippen molar-refractivity contribution in [3.63, 3.8) is 0 Å². The highest BCUT2D eigenvalue weighted by molar-refractivity contribution is 6.29. The van der Waals surface area contributed by atoms with Gasteiger partial charge in [-0.05, 0) is 37.1 Å². The van der Waals surface area contributed by atoms with Crippen LogP contribution in [0.15, 0.2) is 24.3 Å². The lowest BCUT2D eigenvalue weighted by Gasteiger charge is -2.08. The highest BCUT2D eigenvalue weighted by atomic mass is 35.5. The Balaban J connectivity index is 2.30. The smallest absolute Gasteiger partial charge is 0.224 e. The molecule has 2 rings (SSSR count). The lowest BCUT2D eigenvalue weighted by atomic mass is 10.1. The Morgan fingerprint density at radius 2 is 1.72 bits per heavy atom. The van der Waals surface area contributed by atoms with Crippen molar-refractivity contribution in [2.24, 2.45) is 0 Å². The second-order valence-corrected chi connectivity index (χ2v) is 4.61. The predicted octanol–water partition coefficient (Wildman–Crippen LogP) is 4.10. The molecule has 0 aliphatic carbocycles. The molecule has 0 amide bonds. The van der Waals surface area contributed by atoms with Crippen LogP contribution in [0, 0.1) is 13.8 Å². The molecule has 0 saturated carbocycles. The second kappa shape index (κ2) is 5.36. The van der Waals surface area contributed by atoms with Gasteiger partial charge in [0.2, 0.25) is 5.88 Å². The minimum absolute atomic E-state index is 0.404. The van der Waals surface area contributed by atoms with Gasteiger partial charge in [-0.15, -0.1) is 0 Å². The first-order valence-corrected chi connectivity index (χ1v) is 6.24. The fourth-order valence-electron chi connectivity index (χ4n) is 1.76. The molecule has 4 heteroatoms. The number of aromatic nitrogens is 2. The highest BCUT2D eigenvalue weighted by Gasteiger charge is 2.05. The van der Waals surface area contributed by atoms with Crippen molar-refractivity contribution in [1.29, 1.82) is 0 Å². The molecule has 0 radical (unpaired) electrons. The molecule has 2 aromatic rings. The van der Waals surface area contributed by atoms with E-state index in [2.05, 4.69) is 16.0 Å². The molecule has 0 N–H and O–H groups in total. The van der Waals surface area contributed by atoms with Gasteiger partial charge in [-0.25, -0.2) is 4.98 Å². The van der Waals surface area contributed by atoms with Crippen molar-refractivity contribution >= 4 is 11.6 Å². The first kappa shape index (κ1) is 12.8. The summed E-state index contributed by atoms with van der Waals surface area (Å²) in [7, 11) is 0. The zero-order valence-electron chi connectivity index (χ0n) is 10.7.